The number of likely N-dealkylation sites (tertiary alicyclic amines) is 1. The van der Waals surface area contributed by atoms with Crippen molar-refractivity contribution in [3.8, 4) is 5.75 Å². The van der Waals surface area contributed by atoms with Gasteiger partial charge in [-0.15, -0.1) is 0 Å². The van der Waals surface area contributed by atoms with E-state index >= 15 is 0 Å². The van der Waals surface area contributed by atoms with Crippen molar-refractivity contribution >= 4 is 6.09 Å². The molecular weight excluding hydrogens is 316 g/mol. The average Bonchev–Trinajstić information content (AvgIpc) is 3.06. The second-order valence-corrected chi connectivity index (χ2v) is 7.68. The topological polar surface area (TPSA) is 53.0 Å². The Hall–Kier alpha value is -1.75. The van der Waals surface area contributed by atoms with Crippen molar-refractivity contribution in [1.29, 1.82) is 0 Å². The molecule has 4 saturated heterocycles. The van der Waals surface area contributed by atoms with Gasteiger partial charge in [0.1, 0.15) is 5.75 Å². The van der Waals surface area contributed by atoms with E-state index in [-0.39, 0.29) is 18.1 Å². The molecule has 4 heterocycles. The van der Waals surface area contributed by atoms with Crippen LogP contribution in [0.4, 0.5) is 4.79 Å². The van der Waals surface area contributed by atoms with Crippen LogP contribution in [0.15, 0.2) is 24.3 Å². The number of rotatable bonds is 4. The second-order valence-electron chi connectivity index (χ2n) is 7.68. The minimum absolute atomic E-state index is 0.153. The van der Waals surface area contributed by atoms with Crippen molar-refractivity contribution in [2.24, 2.45) is 5.92 Å². The summed E-state index contributed by atoms with van der Waals surface area (Å²) in [4.78, 5) is 17.3. The van der Waals surface area contributed by atoms with E-state index in [1.54, 1.807) is 6.07 Å². The Bertz CT molecular complexity index is 627. The summed E-state index contributed by atoms with van der Waals surface area (Å²) >= 11 is 0. The standard InChI is InChI=1S/C20H28N2O3/c1-2-3-11-25-20(24)22-13-17(15-5-4-6-16(23)12-15)19-18(22)14-7-9-21(19)10-8-14/h4-6,12,14,17-19,23H,2-3,7-11,13H2,1H3/t17-,18+,19+/m1/s1. The fourth-order valence-electron chi connectivity index (χ4n) is 5.07. The van der Waals surface area contributed by atoms with Crippen LogP contribution in [0.2, 0.25) is 0 Å². The maximum atomic E-state index is 12.7. The lowest BCUT2D eigenvalue weighted by molar-refractivity contribution is -0.00757. The third-order valence-corrected chi connectivity index (χ3v) is 6.25. The van der Waals surface area contributed by atoms with Gasteiger partial charge in [0.15, 0.2) is 0 Å². The molecule has 0 aromatic heterocycles. The van der Waals surface area contributed by atoms with E-state index in [1.807, 2.05) is 17.0 Å². The van der Waals surface area contributed by atoms with Gasteiger partial charge in [-0.1, -0.05) is 25.5 Å². The number of carbonyl (C=O) groups excluding carboxylic acids is 1. The predicted molar refractivity (Wildman–Crippen MR) is 95.7 cm³/mol. The first-order valence-electron chi connectivity index (χ1n) is 9.65. The number of nitrogens with zero attached hydrogens (tertiary/aromatic N) is 2. The number of aromatic hydroxyl groups is 1. The van der Waals surface area contributed by atoms with Gasteiger partial charge in [0.25, 0.3) is 0 Å². The molecule has 3 atom stereocenters. The lowest BCUT2D eigenvalue weighted by Gasteiger charge is -2.50. The van der Waals surface area contributed by atoms with Crippen LogP contribution < -0.4 is 0 Å². The molecule has 0 radical (unpaired) electrons. The fraction of sp³-hybridized carbons (Fsp3) is 0.650. The fourth-order valence-corrected chi connectivity index (χ4v) is 5.07. The molecule has 1 aromatic carbocycles. The van der Waals surface area contributed by atoms with Gasteiger partial charge in [-0.3, -0.25) is 4.90 Å². The number of unbranched alkanes of at least 4 members (excludes halogenated alkanes) is 1. The van der Waals surface area contributed by atoms with Crippen LogP contribution >= 0.6 is 0 Å². The normalized spacial score (nSPS) is 33.3. The van der Waals surface area contributed by atoms with E-state index in [0.717, 1.165) is 31.5 Å². The number of amides is 1. The zero-order valence-corrected chi connectivity index (χ0v) is 14.9. The molecule has 5 nitrogen and oxygen atoms in total. The molecule has 0 saturated carbocycles. The highest BCUT2D eigenvalue weighted by Crippen LogP contribution is 2.47. The van der Waals surface area contributed by atoms with E-state index in [2.05, 4.69) is 17.9 Å². The summed E-state index contributed by atoms with van der Waals surface area (Å²) in [6.07, 6.45) is 4.14. The number of ether oxygens (including phenoxy) is 1. The molecule has 0 spiro atoms. The van der Waals surface area contributed by atoms with Crippen molar-refractivity contribution in [3.63, 3.8) is 0 Å². The molecule has 1 N–H and O–H groups in total. The summed E-state index contributed by atoms with van der Waals surface area (Å²) in [6.45, 7) is 5.55. The van der Waals surface area contributed by atoms with Gasteiger partial charge in [-0.25, -0.2) is 4.79 Å². The van der Waals surface area contributed by atoms with Gasteiger partial charge in [0.2, 0.25) is 0 Å². The number of phenols is 1. The third-order valence-electron chi connectivity index (χ3n) is 6.25. The molecule has 2 bridgehead atoms. The minimum Gasteiger partial charge on any atom is -0.508 e. The maximum Gasteiger partial charge on any atom is 0.410 e. The van der Waals surface area contributed by atoms with E-state index in [9.17, 15) is 9.90 Å². The largest absolute Gasteiger partial charge is 0.508 e. The van der Waals surface area contributed by atoms with Crippen molar-refractivity contribution in [2.45, 2.75) is 50.6 Å². The molecule has 25 heavy (non-hydrogen) atoms. The Labute approximate surface area is 149 Å². The molecule has 0 aliphatic carbocycles. The van der Waals surface area contributed by atoms with Gasteiger partial charge in [0.05, 0.1) is 12.6 Å². The molecule has 4 fully saturated rings. The lowest BCUT2D eigenvalue weighted by atomic mass is 9.75. The predicted octanol–water partition coefficient (Wildman–Crippen LogP) is 3.19. The monoisotopic (exact) mass is 344 g/mol. The number of benzene rings is 1. The van der Waals surface area contributed by atoms with Gasteiger partial charge < -0.3 is 14.7 Å². The van der Waals surface area contributed by atoms with Gasteiger partial charge in [-0.05, 0) is 56.0 Å². The summed E-state index contributed by atoms with van der Waals surface area (Å²) in [5.74, 6) is 1.13. The van der Waals surface area contributed by atoms with Crippen molar-refractivity contribution in [1.82, 2.24) is 9.80 Å². The smallest absolute Gasteiger partial charge is 0.410 e. The van der Waals surface area contributed by atoms with Crippen LogP contribution in [0, 0.1) is 5.92 Å². The summed E-state index contributed by atoms with van der Waals surface area (Å²) in [7, 11) is 0. The second kappa shape index (κ2) is 6.87. The number of piperidine rings is 3. The Morgan fingerprint density at radius 2 is 2.08 bits per heavy atom. The molecule has 5 heteroatoms. The maximum absolute atomic E-state index is 12.7. The molecule has 136 valence electrons. The lowest BCUT2D eigenvalue weighted by Crippen LogP contribution is -2.60. The summed E-state index contributed by atoms with van der Waals surface area (Å²) in [5.41, 5.74) is 1.13. The summed E-state index contributed by atoms with van der Waals surface area (Å²) in [5, 5.41) is 9.90. The quantitative estimate of drug-likeness (QED) is 0.852. The number of carbonyl (C=O) groups is 1. The van der Waals surface area contributed by atoms with Crippen LogP contribution in [-0.2, 0) is 4.74 Å². The molecular formula is C20H28N2O3. The van der Waals surface area contributed by atoms with E-state index in [1.165, 1.54) is 12.8 Å². The van der Waals surface area contributed by atoms with Crippen LogP contribution in [0.1, 0.15) is 44.1 Å². The van der Waals surface area contributed by atoms with Crippen LogP contribution in [0.3, 0.4) is 0 Å². The number of fused-ring (bicyclic) bond motifs is 2. The van der Waals surface area contributed by atoms with Crippen LogP contribution in [0.5, 0.6) is 5.75 Å². The number of phenolic OH excluding ortho intramolecular Hbond substituents is 1. The van der Waals surface area contributed by atoms with Crippen molar-refractivity contribution in [2.75, 3.05) is 26.2 Å². The minimum atomic E-state index is -0.153. The van der Waals surface area contributed by atoms with Gasteiger partial charge in [0, 0.05) is 18.5 Å². The zero-order valence-electron chi connectivity index (χ0n) is 14.9. The highest BCUT2D eigenvalue weighted by Gasteiger charge is 2.55. The number of hydrogen-bond acceptors (Lipinski definition) is 4. The van der Waals surface area contributed by atoms with E-state index in [0.29, 0.717) is 30.9 Å². The molecule has 1 aromatic rings. The Kier molecular flexibility index (Phi) is 4.59. The molecule has 5 rings (SSSR count). The molecule has 0 unspecified atom stereocenters. The Balaban J connectivity index is 1.60. The van der Waals surface area contributed by atoms with Gasteiger partial charge in [-0.2, -0.15) is 0 Å². The van der Waals surface area contributed by atoms with Crippen LogP contribution in [-0.4, -0.2) is 59.3 Å². The van der Waals surface area contributed by atoms with Crippen LogP contribution in [0.25, 0.3) is 0 Å². The average molecular weight is 344 g/mol. The van der Waals surface area contributed by atoms with Gasteiger partial charge >= 0.3 is 6.09 Å². The summed E-state index contributed by atoms with van der Waals surface area (Å²) in [6, 6.07) is 8.16. The molecule has 4 aliphatic heterocycles. The van der Waals surface area contributed by atoms with E-state index in [4.69, 9.17) is 4.74 Å². The third kappa shape index (κ3) is 2.99. The zero-order chi connectivity index (χ0) is 17.4. The molecule has 1 amide bonds. The highest BCUT2D eigenvalue weighted by atomic mass is 16.6. The van der Waals surface area contributed by atoms with Crippen molar-refractivity contribution in [3.05, 3.63) is 29.8 Å². The first kappa shape index (κ1) is 16.7. The first-order valence-corrected chi connectivity index (χ1v) is 9.65. The SMILES string of the molecule is CCCCOC(=O)N1C[C@H](c2cccc(O)c2)[C@H]2[C@@H]1C1CCN2CC1. The summed E-state index contributed by atoms with van der Waals surface area (Å²) < 4.78 is 5.55. The van der Waals surface area contributed by atoms with E-state index < -0.39 is 0 Å². The van der Waals surface area contributed by atoms with Crippen molar-refractivity contribution < 1.29 is 14.6 Å². The highest BCUT2D eigenvalue weighted by molar-refractivity contribution is 5.69. The Morgan fingerprint density at radius 3 is 2.80 bits per heavy atom. The molecule has 4 aliphatic rings. The first-order chi connectivity index (χ1) is 12.2. The number of hydrogen-bond donors (Lipinski definition) is 1. The Morgan fingerprint density at radius 1 is 1.28 bits per heavy atom.